The summed E-state index contributed by atoms with van der Waals surface area (Å²) in [7, 11) is 0. The number of furan rings is 1. The molecule has 0 spiro atoms. The summed E-state index contributed by atoms with van der Waals surface area (Å²) in [6.07, 6.45) is 3.62. The number of hydrogen-bond acceptors (Lipinski definition) is 6. The van der Waals surface area contributed by atoms with Gasteiger partial charge in [-0.25, -0.2) is 5.43 Å². The first-order valence-corrected chi connectivity index (χ1v) is 10.3. The van der Waals surface area contributed by atoms with Crippen LogP contribution in [0.5, 0.6) is 5.75 Å². The highest BCUT2D eigenvalue weighted by molar-refractivity contribution is 6.35. The molecule has 0 radical (unpaired) electrons. The van der Waals surface area contributed by atoms with E-state index in [4.69, 9.17) is 9.15 Å². The second kappa shape index (κ2) is 12.5. The highest BCUT2D eigenvalue weighted by Crippen LogP contribution is 2.11. The minimum Gasteiger partial charge on any atom is -0.484 e. The topological polar surface area (TPSA) is 122 Å². The fourth-order valence-corrected chi connectivity index (χ4v) is 2.72. The summed E-state index contributed by atoms with van der Waals surface area (Å²) in [6, 6.07) is 20.0. The van der Waals surface area contributed by atoms with Crippen LogP contribution in [0.2, 0.25) is 0 Å². The first kappa shape index (κ1) is 23.3. The average Bonchev–Trinajstić information content (AvgIpc) is 3.36. The molecular formula is C24H24N4O5. The molecule has 2 aromatic carbocycles. The average molecular weight is 448 g/mol. The van der Waals surface area contributed by atoms with Crippen molar-refractivity contribution in [2.24, 2.45) is 5.10 Å². The maximum absolute atomic E-state index is 11.9. The molecule has 33 heavy (non-hydrogen) atoms. The number of benzene rings is 2. The number of ether oxygens (including phenoxy) is 1. The maximum Gasteiger partial charge on any atom is 0.329 e. The normalized spacial score (nSPS) is 10.5. The summed E-state index contributed by atoms with van der Waals surface area (Å²) in [6.45, 7) is 0.551. The molecule has 1 aromatic heterocycles. The molecule has 0 saturated carbocycles. The first-order chi connectivity index (χ1) is 16.1. The molecule has 0 saturated heterocycles. The Morgan fingerprint density at radius 2 is 1.70 bits per heavy atom. The highest BCUT2D eigenvalue weighted by atomic mass is 16.5. The van der Waals surface area contributed by atoms with Crippen molar-refractivity contribution in [3.05, 3.63) is 89.9 Å². The Balaban J connectivity index is 1.33. The van der Waals surface area contributed by atoms with Gasteiger partial charge in [0.05, 0.1) is 19.0 Å². The van der Waals surface area contributed by atoms with Crippen molar-refractivity contribution in [2.75, 3.05) is 13.2 Å². The van der Waals surface area contributed by atoms with Crippen molar-refractivity contribution >= 4 is 23.9 Å². The van der Waals surface area contributed by atoms with Crippen LogP contribution in [0.25, 0.3) is 0 Å². The predicted molar refractivity (Wildman–Crippen MR) is 121 cm³/mol. The van der Waals surface area contributed by atoms with Crippen LogP contribution in [0.3, 0.4) is 0 Å². The molecule has 0 aliphatic rings. The summed E-state index contributed by atoms with van der Waals surface area (Å²) in [4.78, 5) is 35.3. The first-order valence-electron chi connectivity index (χ1n) is 10.3. The Kier molecular flexibility index (Phi) is 8.78. The van der Waals surface area contributed by atoms with E-state index in [-0.39, 0.29) is 19.1 Å². The second-order valence-corrected chi connectivity index (χ2v) is 6.90. The molecule has 170 valence electrons. The van der Waals surface area contributed by atoms with Crippen LogP contribution >= 0.6 is 0 Å². The van der Waals surface area contributed by atoms with E-state index in [9.17, 15) is 14.4 Å². The number of nitrogens with zero attached hydrogens (tertiary/aromatic N) is 1. The Morgan fingerprint density at radius 1 is 0.909 bits per heavy atom. The maximum atomic E-state index is 11.9. The van der Waals surface area contributed by atoms with Crippen LogP contribution < -0.4 is 20.8 Å². The molecule has 3 N–H and O–H groups in total. The number of hydrogen-bond donors (Lipinski definition) is 3. The summed E-state index contributed by atoms with van der Waals surface area (Å²) in [5.74, 6) is -0.867. The number of rotatable bonds is 10. The van der Waals surface area contributed by atoms with Crippen molar-refractivity contribution < 1.29 is 23.5 Å². The summed E-state index contributed by atoms with van der Waals surface area (Å²) < 4.78 is 10.5. The molecule has 0 unspecified atom stereocenters. The van der Waals surface area contributed by atoms with Gasteiger partial charge in [-0.2, -0.15) is 5.10 Å². The number of carbonyl (C=O) groups is 3. The molecule has 0 aliphatic carbocycles. The Morgan fingerprint density at radius 3 is 2.42 bits per heavy atom. The van der Waals surface area contributed by atoms with E-state index < -0.39 is 11.8 Å². The van der Waals surface area contributed by atoms with Gasteiger partial charge in [-0.1, -0.05) is 30.3 Å². The van der Waals surface area contributed by atoms with Gasteiger partial charge in [-0.15, -0.1) is 0 Å². The van der Waals surface area contributed by atoms with Gasteiger partial charge in [0, 0.05) is 6.54 Å². The Labute approximate surface area is 190 Å². The van der Waals surface area contributed by atoms with Gasteiger partial charge in [-0.05, 0) is 53.9 Å². The van der Waals surface area contributed by atoms with Gasteiger partial charge in [0.25, 0.3) is 5.91 Å². The summed E-state index contributed by atoms with van der Waals surface area (Å²) >= 11 is 0. The summed E-state index contributed by atoms with van der Waals surface area (Å²) in [5, 5.41) is 8.99. The van der Waals surface area contributed by atoms with Gasteiger partial charge >= 0.3 is 11.8 Å². The van der Waals surface area contributed by atoms with Crippen LogP contribution in [0, 0.1) is 0 Å². The van der Waals surface area contributed by atoms with E-state index >= 15 is 0 Å². The van der Waals surface area contributed by atoms with Crippen molar-refractivity contribution in [1.29, 1.82) is 0 Å². The standard InChI is InChI=1S/C24H24N4O5/c29-22(25-13-12-18-5-2-1-3-6-18)17-33-20-10-8-19(9-11-20)15-27-28-24(31)23(30)26-16-21-7-4-14-32-21/h1-11,14-15H,12-13,16-17H2,(H,25,29)(H,26,30)(H,28,31)/b27-15-. The molecule has 0 aliphatic heterocycles. The lowest BCUT2D eigenvalue weighted by Gasteiger charge is -2.08. The zero-order chi connectivity index (χ0) is 23.3. The molecule has 1 heterocycles. The Hall–Kier alpha value is -4.40. The Bertz CT molecular complexity index is 1060. The molecule has 3 amide bonds. The third-order valence-corrected chi connectivity index (χ3v) is 4.42. The zero-order valence-electron chi connectivity index (χ0n) is 17.8. The van der Waals surface area contributed by atoms with Crippen molar-refractivity contribution in [3.63, 3.8) is 0 Å². The molecule has 0 bridgehead atoms. The van der Waals surface area contributed by atoms with Crippen LogP contribution in [0.4, 0.5) is 0 Å². The zero-order valence-corrected chi connectivity index (χ0v) is 17.8. The lowest BCUT2D eigenvalue weighted by Crippen LogP contribution is -2.37. The molecule has 3 rings (SSSR count). The molecule has 0 atom stereocenters. The van der Waals surface area contributed by atoms with Gasteiger partial charge in [0.2, 0.25) is 0 Å². The largest absolute Gasteiger partial charge is 0.484 e. The quantitative estimate of drug-likeness (QED) is 0.248. The van der Waals surface area contributed by atoms with Crippen molar-refractivity contribution in [2.45, 2.75) is 13.0 Å². The smallest absolute Gasteiger partial charge is 0.329 e. The van der Waals surface area contributed by atoms with Crippen LogP contribution in [-0.2, 0) is 27.3 Å². The molecule has 9 nitrogen and oxygen atoms in total. The third-order valence-electron chi connectivity index (χ3n) is 4.42. The van der Waals surface area contributed by atoms with E-state index in [0.29, 0.717) is 23.6 Å². The third kappa shape index (κ3) is 8.33. The monoisotopic (exact) mass is 448 g/mol. The van der Waals surface area contributed by atoms with E-state index in [1.54, 1.807) is 36.4 Å². The molecule has 3 aromatic rings. The number of nitrogens with one attached hydrogen (secondary N) is 3. The van der Waals surface area contributed by atoms with Gasteiger partial charge < -0.3 is 19.8 Å². The van der Waals surface area contributed by atoms with Crippen molar-refractivity contribution in [3.8, 4) is 5.75 Å². The molecular weight excluding hydrogens is 424 g/mol. The summed E-state index contributed by atoms with van der Waals surface area (Å²) in [5.41, 5.74) is 3.98. The van der Waals surface area contributed by atoms with E-state index in [2.05, 4.69) is 21.2 Å². The predicted octanol–water partition coefficient (Wildman–Crippen LogP) is 1.78. The van der Waals surface area contributed by atoms with E-state index in [1.807, 2.05) is 30.3 Å². The number of carbonyl (C=O) groups excluding carboxylic acids is 3. The van der Waals surface area contributed by atoms with Gasteiger partial charge in [-0.3, -0.25) is 14.4 Å². The van der Waals surface area contributed by atoms with Gasteiger partial charge in [0.15, 0.2) is 6.61 Å². The fraction of sp³-hybridized carbons (Fsp3) is 0.167. The lowest BCUT2D eigenvalue weighted by molar-refractivity contribution is -0.139. The minimum atomic E-state index is -0.893. The van der Waals surface area contributed by atoms with Crippen LogP contribution in [-0.4, -0.2) is 37.1 Å². The van der Waals surface area contributed by atoms with E-state index in [1.165, 1.54) is 12.5 Å². The van der Waals surface area contributed by atoms with E-state index in [0.717, 1.165) is 12.0 Å². The highest BCUT2D eigenvalue weighted by Gasteiger charge is 2.12. The van der Waals surface area contributed by atoms with Gasteiger partial charge in [0.1, 0.15) is 11.5 Å². The minimum absolute atomic E-state index is 0.0919. The molecule has 9 heteroatoms. The lowest BCUT2D eigenvalue weighted by atomic mass is 10.1. The van der Waals surface area contributed by atoms with Crippen LogP contribution in [0.15, 0.2) is 82.5 Å². The number of hydrazone groups is 1. The molecule has 0 fully saturated rings. The fourth-order valence-electron chi connectivity index (χ4n) is 2.72. The van der Waals surface area contributed by atoms with Crippen LogP contribution in [0.1, 0.15) is 16.9 Å². The van der Waals surface area contributed by atoms with Crippen molar-refractivity contribution in [1.82, 2.24) is 16.1 Å². The number of amides is 3. The second-order valence-electron chi connectivity index (χ2n) is 6.90. The SMILES string of the molecule is O=C(COc1ccc(/C=N\NC(=O)C(=O)NCc2ccco2)cc1)NCCc1ccccc1.